The Hall–Kier alpha value is -8.90. The number of benzene rings is 4. The summed E-state index contributed by atoms with van der Waals surface area (Å²) in [7, 11) is 0. The fraction of sp³-hybridized carbons (Fsp3) is 0.0800. The van der Waals surface area contributed by atoms with Crippen LogP contribution in [-0.4, -0.2) is 24.9 Å². The number of H-pyrrole nitrogens is 2. The molecule has 7 aromatic rings. The predicted octanol–water partition coefficient (Wildman–Crippen LogP) is 11.0. The summed E-state index contributed by atoms with van der Waals surface area (Å²) in [5, 5.41) is 55.7. The van der Waals surface area contributed by atoms with Crippen LogP contribution in [0.25, 0.3) is 78.3 Å². The van der Waals surface area contributed by atoms with Gasteiger partial charge in [-0.3, -0.25) is 15.1 Å². The third-order valence-corrected chi connectivity index (χ3v) is 11.2. The van der Waals surface area contributed by atoms with Gasteiger partial charge >= 0.3 is 0 Å². The molecule has 9 rings (SSSR count). The molecule has 2 aliphatic rings. The minimum atomic E-state index is -1.32. The van der Waals surface area contributed by atoms with E-state index in [-0.39, 0.29) is 11.4 Å². The molecule has 8 bridgehead atoms. The van der Waals surface area contributed by atoms with Crippen molar-refractivity contribution in [3.05, 3.63) is 178 Å². The summed E-state index contributed by atoms with van der Waals surface area (Å²) in [6, 6.07) is 53.7. The summed E-state index contributed by atoms with van der Waals surface area (Å²) >= 11 is 0. The Bertz CT molecular complexity index is 3210. The van der Waals surface area contributed by atoms with E-state index in [9.17, 15) is 31.2 Å². The van der Waals surface area contributed by atoms with Gasteiger partial charge in [0.15, 0.2) is 5.69 Å². The van der Waals surface area contributed by atoms with E-state index in [0.29, 0.717) is 78.1 Å². The summed E-state index contributed by atoms with van der Waals surface area (Å²) < 4.78 is 0. The summed E-state index contributed by atoms with van der Waals surface area (Å²) in [4.78, 5) is 30.3. The first-order valence-electron chi connectivity index (χ1n) is 19.4. The van der Waals surface area contributed by atoms with Gasteiger partial charge in [0.2, 0.25) is 0 Å². The maximum atomic E-state index is 13.1. The number of hydrogen-bond donors (Lipinski definition) is 2. The number of nitrogens with one attached hydrogen (secondary N) is 2. The van der Waals surface area contributed by atoms with Crippen LogP contribution in [0.3, 0.4) is 0 Å². The molecule has 0 aliphatic carbocycles. The molecule has 288 valence electrons. The van der Waals surface area contributed by atoms with E-state index in [1.165, 1.54) is 6.08 Å². The van der Waals surface area contributed by atoms with Gasteiger partial charge in [0.05, 0.1) is 46.3 Å². The lowest BCUT2D eigenvalue weighted by atomic mass is 9.72. The molecule has 0 saturated heterocycles. The molecule has 2 aliphatic heterocycles. The second kappa shape index (κ2) is 15.8. The molecule has 0 unspecified atom stereocenters. The van der Waals surface area contributed by atoms with Crippen molar-refractivity contribution in [2.45, 2.75) is 11.8 Å². The van der Waals surface area contributed by atoms with Gasteiger partial charge in [0.25, 0.3) is 5.70 Å². The van der Waals surface area contributed by atoms with Crippen molar-refractivity contribution in [3.63, 3.8) is 0 Å². The zero-order valence-corrected chi connectivity index (χ0v) is 32.2. The SMILES string of the molecule is N#CC(C#N)[C@@H]1c2nc(c(-c3ccccc3)c3ccc([nH]3)c(-c3ccccc3)c3nc(c(-c4ccccc4)c4ccc([nH]4)c2-c2ccccc2)C=C3[N+](=O)[O-])[C@H]1C(C#N)C#N. The van der Waals surface area contributed by atoms with Crippen LogP contribution < -0.4 is 0 Å². The van der Waals surface area contributed by atoms with Crippen molar-refractivity contribution < 1.29 is 4.92 Å². The molecule has 0 radical (unpaired) electrons. The van der Waals surface area contributed by atoms with Crippen molar-refractivity contribution in [1.82, 2.24) is 19.9 Å². The molecular formula is C50H31N9O2. The molecule has 3 aromatic heterocycles. The van der Waals surface area contributed by atoms with E-state index in [0.717, 1.165) is 5.56 Å². The molecule has 0 amide bonds. The van der Waals surface area contributed by atoms with Crippen molar-refractivity contribution in [2.75, 3.05) is 0 Å². The van der Waals surface area contributed by atoms with Gasteiger partial charge in [-0.25, -0.2) is 4.98 Å². The van der Waals surface area contributed by atoms with Crippen molar-refractivity contribution in [1.29, 1.82) is 21.0 Å². The molecule has 61 heavy (non-hydrogen) atoms. The second-order valence-corrected chi connectivity index (χ2v) is 14.6. The number of aromatic nitrogens is 4. The number of fused-ring (bicyclic) bond motifs is 8. The van der Waals surface area contributed by atoms with Crippen LogP contribution in [0.5, 0.6) is 0 Å². The first kappa shape index (κ1) is 37.7. The van der Waals surface area contributed by atoms with Crippen LogP contribution in [0.1, 0.15) is 34.6 Å². The second-order valence-electron chi connectivity index (χ2n) is 14.6. The number of nitrogens with zero attached hydrogens (tertiary/aromatic N) is 7. The van der Waals surface area contributed by atoms with Crippen LogP contribution >= 0.6 is 0 Å². The first-order valence-corrected chi connectivity index (χ1v) is 19.4. The standard InChI is InChI=1S/C50H31N9O2/c51-26-34(27-52)46-47(35(28-53)29-54)50-45(33-19-11-4-12-20-33)39-24-23-37(56-39)43(31-15-7-2-8-16-31)48-41(59(60)61)25-40(57-48)42(30-13-5-1-6-14-30)36-21-22-38(55-36)44(49(46)58-50)32-17-9-3-10-18-32/h1-25,34-35,46-47,55-56H/t46-,47-/m0/s1. The molecule has 11 nitrogen and oxygen atoms in total. The molecule has 4 aromatic carbocycles. The fourth-order valence-electron chi connectivity index (χ4n) is 8.57. The smallest absolute Gasteiger partial charge is 0.297 e. The number of nitriles is 4. The average Bonchev–Trinajstić information content (AvgIpc) is 4.13. The monoisotopic (exact) mass is 789 g/mol. The summed E-state index contributed by atoms with van der Waals surface area (Å²) in [5.74, 6) is -4.70. The van der Waals surface area contributed by atoms with Crippen LogP contribution in [0.4, 0.5) is 0 Å². The van der Waals surface area contributed by atoms with E-state index in [2.05, 4.69) is 34.2 Å². The molecule has 0 spiro atoms. The third kappa shape index (κ3) is 6.55. The van der Waals surface area contributed by atoms with E-state index < -0.39 is 28.6 Å². The highest BCUT2D eigenvalue weighted by atomic mass is 16.6. The molecule has 11 heteroatoms. The highest BCUT2D eigenvalue weighted by Gasteiger charge is 2.46. The van der Waals surface area contributed by atoms with Crippen LogP contribution in [0, 0.1) is 67.3 Å². The van der Waals surface area contributed by atoms with Crippen molar-refractivity contribution >= 4 is 33.8 Å². The summed E-state index contributed by atoms with van der Waals surface area (Å²) in [5.41, 5.74) is 8.17. The number of hydrogen-bond acceptors (Lipinski definition) is 8. The zero-order chi connectivity index (χ0) is 42.0. The van der Waals surface area contributed by atoms with Gasteiger partial charge in [-0.05, 0) is 46.5 Å². The topological polar surface area (TPSA) is 196 Å². The average molecular weight is 790 g/mol. The lowest BCUT2D eigenvalue weighted by Gasteiger charge is -2.23. The van der Waals surface area contributed by atoms with Crippen LogP contribution in [0.2, 0.25) is 0 Å². The van der Waals surface area contributed by atoms with Gasteiger partial charge in [-0.1, -0.05) is 121 Å². The number of rotatable bonds is 7. The zero-order valence-electron chi connectivity index (χ0n) is 32.2. The lowest BCUT2D eigenvalue weighted by molar-refractivity contribution is -0.374. The Labute approximate surface area is 349 Å². The van der Waals surface area contributed by atoms with Gasteiger partial charge < -0.3 is 9.97 Å². The minimum Gasteiger partial charge on any atom is -0.354 e. The highest BCUT2D eigenvalue weighted by molar-refractivity contribution is 5.99. The first-order chi connectivity index (χ1) is 29.9. The summed E-state index contributed by atoms with van der Waals surface area (Å²) in [6.07, 6.45) is 1.50. The molecular weight excluding hydrogens is 759 g/mol. The van der Waals surface area contributed by atoms with E-state index >= 15 is 0 Å². The van der Waals surface area contributed by atoms with E-state index in [1.54, 1.807) is 0 Å². The van der Waals surface area contributed by atoms with E-state index in [4.69, 9.17) is 9.97 Å². The highest BCUT2D eigenvalue weighted by Crippen LogP contribution is 2.52. The van der Waals surface area contributed by atoms with Gasteiger partial charge in [-0.15, -0.1) is 0 Å². The Balaban J connectivity index is 1.59. The molecule has 2 N–H and O–H groups in total. The third-order valence-electron chi connectivity index (χ3n) is 11.2. The normalized spacial score (nSPS) is 14.4. The number of aromatic amines is 2. The maximum absolute atomic E-state index is 13.1. The quantitative estimate of drug-likeness (QED) is 0.117. The molecule has 0 fully saturated rings. The van der Waals surface area contributed by atoms with Gasteiger partial charge in [-0.2, -0.15) is 21.0 Å². The minimum absolute atomic E-state index is 0.149. The van der Waals surface area contributed by atoms with Crippen molar-refractivity contribution in [2.24, 2.45) is 11.8 Å². The molecule has 2 atom stereocenters. The largest absolute Gasteiger partial charge is 0.354 e. The Kier molecular flexibility index (Phi) is 9.76. The van der Waals surface area contributed by atoms with Crippen molar-refractivity contribution in [3.8, 4) is 68.8 Å². The Morgan fingerprint density at radius 1 is 0.492 bits per heavy atom. The van der Waals surface area contributed by atoms with Gasteiger partial charge in [0.1, 0.15) is 11.8 Å². The van der Waals surface area contributed by atoms with E-state index in [1.807, 2.05) is 146 Å². The van der Waals surface area contributed by atoms with Crippen LogP contribution in [0.15, 0.2) is 146 Å². The fourth-order valence-corrected chi connectivity index (χ4v) is 8.57. The Morgan fingerprint density at radius 2 is 0.836 bits per heavy atom. The maximum Gasteiger partial charge on any atom is 0.297 e. The Morgan fingerprint density at radius 3 is 1.21 bits per heavy atom. The van der Waals surface area contributed by atoms with Crippen LogP contribution in [-0.2, 0) is 0 Å². The molecule has 0 saturated carbocycles. The number of nitro groups is 1. The summed E-state index contributed by atoms with van der Waals surface area (Å²) in [6.45, 7) is 0. The predicted molar refractivity (Wildman–Crippen MR) is 233 cm³/mol. The molecule has 5 heterocycles. The van der Waals surface area contributed by atoms with Gasteiger partial charge in [0, 0.05) is 62.2 Å². The lowest BCUT2D eigenvalue weighted by Crippen LogP contribution is -2.21.